The number of anilines is 1. The van der Waals surface area contributed by atoms with Gasteiger partial charge >= 0.3 is 12.3 Å². The first-order valence-electron chi connectivity index (χ1n) is 12.1. The van der Waals surface area contributed by atoms with Crippen molar-refractivity contribution in [1.29, 1.82) is 0 Å². The van der Waals surface area contributed by atoms with Gasteiger partial charge in [0.15, 0.2) is 0 Å². The van der Waals surface area contributed by atoms with Crippen LogP contribution in [-0.4, -0.2) is 85.5 Å². The van der Waals surface area contributed by atoms with Crippen molar-refractivity contribution in [2.24, 2.45) is 0 Å². The number of fused-ring (bicyclic) bond motifs is 1. The van der Waals surface area contributed by atoms with Gasteiger partial charge in [0.05, 0.1) is 23.4 Å². The second-order valence-electron chi connectivity index (χ2n) is 9.62. The molecule has 2 aliphatic rings. The summed E-state index contributed by atoms with van der Waals surface area (Å²) in [6.45, 7) is 5.44. The van der Waals surface area contributed by atoms with E-state index in [0.717, 1.165) is 30.0 Å². The minimum atomic E-state index is -4.88. The van der Waals surface area contributed by atoms with Crippen LogP contribution in [0.1, 0.15) is 49.5 Å². The Morgan fingerprint density at radius 3 is 2.58 bits per heavy atom. The molecule has 38 heavy (non-hydrogen) atoms. The second kappa shape index (κ2) is 12.4. The van der Waals surface area contributed by atoms with Crippen LogP contribution in [0.3, 0.4) is 0 Å². The molecule has 1 saturated heterocycles. The van der Waals surface area contributed by atoms with E-state index in [0.29, 0.717) is 13.0 Å². The van der Waals surface area contributed by atoms with Gasteiger partial charge in [-0.15, -0.1) is 12.4 Å². The molecule has 14 heteroatoms. The highest BCUT2D eigenvalue weighted by Gasteiger charge is 2.47. The third-order valence-electron chi connectivity index (χ3n) is 6.44. The minimum absolute atomic E-state index is 0. The lowest BCUT2D eigenvalue weighted by atomic mass is 9.96. The molecule has 1 aromatic rings. The lowest BCUT2D eigenvalue weighted by Crippen LogP contribution is -2.58. The average molecular weight is 567 g/mol. The number of halogens is 4. The zero-order valence-corrected chi connectivity index (χ0v) is 22.5. The molecule has 214 valence electrons. The first kappa shape index (κ1) is 31.4. The lowest BCUT2D eigenvalue weighted by Gasteiger charge is -2.41. The molecule has 3 amide bonds. The van der Waals surface area contributed by atoms with E-state index in [4.69, 9.17) is 14.6 Å². The van der Waals surface area contributed by atoms with E-state index in [2.05, 4.69) is 10.6 Å². The summed E-state index contributed by atoms with van der Waals surface area (Å²) in [5.41, 5.74) is -3.48. The van der Waals surface area contributed by atoms with Gasteiger partial charge in [0.1, 0.15) is 5.75 Å². The van der Waals surface area contributed by atoms with Crippen molar-refractivity contribution in [3.63, 3.8) is 0 Å². The fourth-order valence-corrected chi connectivity index (χ4v) is 4.85. The molecule has 0 saturated carbocycles. The Hall–Kier alpha value is -2.77. The van der Waals surface area contributed by atoms with Gasteiger partial charge in [0.2, 0.25) is 5.60 Å². The summed E-state index contributed by atoms with van der Waals surface area (Å²) in [5, 5.41) is 14.3. The third-order valence-corrected chi connectivity index (χ3v) is 6.44. The van der Waals surface area contributed by atoms with E-state index < -0.39 is 40.8 Å². The molecule has 0 spiro atoms. The summed E-state index contributed by atoms with van der Waals surface area (Å²) in [7, 11) is 1.32. The number of hydrogen-bond acceptors (Lipinski definition) is 6. The van der Waals surface area contributed by atoms with Crippen LogP contribution in [0.25, 0.3) is 0 Å². The van der Waals surface area contributed by atoms with Crippen molar-refractivity contribution >= 4 is 36.0 Å². The topological polar surface area (TPSA) is 120 Å². The number of carboxylic acid groups (broad SMARTS) is 1. The van der Waals surface area contributed by atoms with Crippen LogP contribution in [0.15, 0.2) is 12.1 Å². The molecule has 0 bridgehead atoms. The monoisotopic (exact) mass is 566 g/mol. The number of nitrogens with zero attached hydrogens (tertiary/aromatic N) is 2. The number of ether oxygens (including phenoxy) is 2. The summed E-state index contributed by atoms with van der Waals surface area (Å²) in [4.78, 5) is 40.6. The molecule has 3 rings (SSSR count). The van der Waals surface area contributed by atoms with Crippen LogP contribution >= 0.6 is 12.4 Å². The predicted molar refractivity (Wildman–Crippen MR) is 135 cm³/mol. The number of rotatable bonds is 8. The van der Waals surface area contributed by atoms with Crippen molar-refractivity contribution in [2.75, 3.05) is 44.8 Å². The summed E-state index contributed by atoms with van der Waals surface area (Å²) in [6, 6.07) is 1.08. The number of alkyl halides is 3. The zero-order valence-electron chi connectivity index (χ0n) is 21.7. The molecule has 0 radical (unpaired) electrons. The van der Waals surface area contributed by atoms with Crippen molar-refractivity contribution in [3.05, 3.63) is 23.3 Å². The van der Waals surface area contributed by atoms with Crippen LogP contribution in [-0.2, 0) is 15.7 Å². The SMILES string of the molecule is COC[C@]1(C)Oc2cc(C(F)(F)F)c(C(=O)N(C(C)C)[C@@H]3CCCNC3)cc2N(CCNC(=O)O)C1=O.Cl. The molecule has 1 aromatic carbocycles. The van der Waals surface area contributed by atoms with E-state index in [1.807, 2.05) is 0 Å². The van der Waals surface area contributed by atoms with Crippen molar-refractivity contribution in [2.45, 2.75) is 57.5 Å². The van der Waals surface area contributed by atoms with Gasteiger partial charge in [-0.1, -0.05) is 0 Å². The highest BCUT2D eigenvalue weighted by Crippen LogP contribution is 2.44. The Morgan fingerprint density at radius 1 is 1.37 bits per heavy atom. The average Bonchev–Trinajstić information content (AvgIpc) is 2.81. The number of amides is 3. The van der Waals surface area contributed by atoms with Crippen LogP contribution < -0.4 is 20.3 Å². The number of nitrogens with one attached hydrogen (secondary N) is 2. The Labute approximate surface area is 225 Å². The van der Waals surface area contributed by atoms with Crippen molar-refractivity contribution < 1.29 is 42.1 Å². The van der Waals surface area contributed by atoms with Gasteiger partial charge < -0.3 is 35.0 Å². The number of benzene rings is 1. The van der Waals surface area contributed by atoms with Crippen molar-refractivity contribution in [1.82, 2.24) is 15.5 Å². The predicted octanol–water partition coefficient (Wildman–Crippen LogP) is 3.13. The van der Waals surface area contributed by atoms with Crippen LogP contribution in [0, 0.1) is 0 Å². The zero-order chi connectivity index (χ0) is 27.5. The minimum Gasteiger partial charge on any atom is -0.473 e. The quantitative estimate of drug-likeness (QED) is 0.442. The smallest absolute Gasteiger partial charge is 0.417 e. The summed E-state index contributed by atoms with van der Waals surface area (Å²) < 4.78 is 53.6. The molecule has 10 nitrogen and oxygen atoms in total. The van der Waals surface area contributed by atoms with Gasteiger partial charge in [-0.25, -0.2) is 4.79 Å². The molecular formula is C24H34ClF3N4O6. The van der Waals surface area contributed by atoms with Crippen molar-refractivity contribution in [3.8, 4) is 5.75 Å². The number of methoxy groups -OCH3 is 1. The first-order chi connectivity index (χ1) is 17.3. The Kier molecular flexibility index (Phi) is 10.3. The molecular weight excluding hydrogens is 533 g/mol. The van der Waals surface area contributed by atoms with Gasteiger partial charge in [-0.3, -0.25) is 9.59 Å². The summed E-state index contributed by atoms with van der Waals surface area (Å²) >= 11 is 0. The Morgan fingerprint density at radius 2 is 2.05 bits per heavy atom. The molecule has 0 aromatic heterocycles. The van der Waals surface area contributed by atoms with E-state index >= 15 is 0 Å². The van der Waals surface area contributed by atoms with E-state index in [1.165, 1.54) is 18.9 Å². The number of piperidine rings is 1. The molecule has 2 heterocycles. The highest BCUT2D eigenvalue weighted by molar-refractivity contribution is 6.05. The normalized spacial score (nSPS) is 21.3. The fourth-order valence-electron chi connectivity index (χ4n) is 4.85. The molecule has 2 aliphatic heterocycles. The number of carbonyl (C=O) groups is 3. The van der Waals surface area contributed by atoms with Gasteiger partial charge in [-0.05, 0) is 52.3 Å². The Balaban J connectivity index is 0.00000507. The maximum Gasteiger partial charge on any atom is 0.417 e. The van der Waals surface area contributed by atoms with Crippen LogP contribution in [0.2, 0.25) is 0 Å². The van der Waals surface area contributed by atoms with E-state index in [-0.39, 0.29) is 55.6 Å². The molecule has 1 fully saturated rings. The van der Waals surface area contributed by atoms with E-state index in [1.54, 1.807) is 13.8 Å². The molecule has 3 N–H and O–H groups in total. The summed E-state index contributed by atoms with van der Waals surface area (Å²) in [6.07, 6.45) is -4.78. The molecule has 2 atom stereocenters. The largest absolute Gasteiger partial charge is 0.473 e. The van der Waals surface area contributed by atoms with Crippen LogP contribution in [0.5, 0.6) is 5.75 Å². The molecule has 0 aliphatic carbocycles. The number of carbonyl (C=O) groups excluding carboxylic acids is 2. The molecule has 0 unspecified atom stereocenters. The lowest BCUT2D eigenvalue weighted by molar-refractivity contribution is -0.140. The van der Waals surface area contributed by atoms with Gasteiger partial charge in [0.25, 0.3) is 11.8 Å². The third kappa shape index (κ3) is 6.62. The highest BCUT2D eigenvalue weighted by atomic mass is 35.5. The summed E-state index contributed by atoms with van der Waals surface area (Å²) in [5.74, 6) is -1.70. The fraction of sp³-hybridized carbons (Fsp3) is 0.625. The maximum absolute atomic E-state index is 14.3. The first-order valence-corrected chi connectivity index (χ1v) is 12.1. The Bertz CT molecular complexity index is 1040. The standard InChI is InChI=1S/C24H33F3N4O6.ClH/c1-14(2)31(15-6-5-7-28-12-15)20(32)16-10-18-19(11-17(16)24(25,26)27)37-23(3,13-36-4)21(33)30(18)9-8-29-22(34)35;/h10-11,14-15,28-29H,5-9,12-13H2,1-4H3,(H,34,35);1H/t15-,23+;/m1./s1. The van der Waals surface area contributed by atoms with Crippen LogP contribution in [0.4, 0.5) is 23.7 Å². The van der Waals surface area contributed by atoms with Gasteiger partial charge in [-0.2, -0.15) is 13.2 Å². The van der Waals surface area contributed by atoms with E-state index in [9.17, 15) is 27.6 Å². The van der Waals surface area contributed by atoms with Gasteiger partial charge in [0, 0.05) is 38.8 Å². The second-order valence-corrected chi connectivity index (χ2v) is 9.62. The number of hydrogen-bond donors (Lipinski definition) is 3. The maximum atomic E-state index is 14.3.